The van der Waals surface area contributed by atoms with Gasteiger partial charge in [-0.1, -0.05) is 18.2 Å². The smallest absolute Gasteiger partial charge is 0.459 e. The Morgan fingerprint density at radius 2 is 1.95 bits per heavy atom. The number of hydrogen-bond donors (Lipinski definition) is 2. The number of aromatic nitrogens is 4. The van der Waals surface area contributed by atoms with Gasteiger partial charge >= 0.3 is 13.7 Å². The number of aliphatic hydroxyl groups excluding tert-OH is 1. The highest BCUT2D eigenvalue weighted by Crippen LogP contribution is 2.46. The lowest BCUT2D eigenvalue weighted by atomic mass is 10.1. The summed E-state index contributed by atoms with van der Waals surface area (Å²) in [6.07, 6.45) is -5.07. The van der Waals surface area contributed by atoms with Crippen LogP contribution < -0.4 is 14.5 Å². The summed E-state index contributed by atoms with van der Waals surface area (Å²) in [7, 11) is -0.646. The first-order chi connectivity index (χ1) is 18.9. The highest BCUT2D eigenvalue weighted by Gasteiger charge is 2.47. The van der Waals surface area contributed by atoms with Gasteiger partial charge < -0.3 is 24.0 Å². The van der Waals surface area contributed by atoms with Crippen molar-refractivity contribution in [1.82, 2.24) is 24.6 Å². The SMILES string of the molecule is Cc1nc(N(C)C)c2ncn([C@@H]3O[C@H](CO[P@](=O)(N[C@@H](C)C(=O)OC(C)C)Oc4ccccc4)[C@@H](O)[C@H]3F)c2n1. The monoisotopic (exact) mass is 580 g/mol. The average molecular weight is 581 g/mol. The minimum Gasteiger partial charge on any atom is -0.462 e. The van der Waals surface area contributed by atoms with Crippen molar-refractivity contribution in [2.45, 2.75) is 64.4 Å². The Labute approximate surface area is 231 Å². The number of aryl methyl sites for hydroxylation is 1. The fourth-order valence-corrected chi connectivity index (χ4v) is 5.58. The minimum atomic E-state index is -4.25. The van der Waals surface area contributed by atoms with Crippen LogP contribution in [-0.4, -0.2) is 81.8 Å². The molecule has 0 amide bonds. The van der Waals surface area contributed by atoms with Gasteiger partial charge in [0.1, 0.15) is 29.8 Å². The van der Waals surface area contributed by atoms with E-state index in [2.05, 4.69) is 20.0 Å². The van der Waals surface area contributed by atoms with Crippen molar-refractivity contribution in [2.75, 3.05) is 25.6 Å². The first-order valence-corrected chi connectivity index (χ1v) is 14.3. The van der Waals surface area contributed by atoms with E-state index in [9.17, 15) is 14.5 Å². The molecule has 1 aromatic carbocycles. The molecule has 15 heteroatoms. The number of esters is 1. The molecular weight excluding hydrogens is 546 g/mol. The van der Waals surface area contributed by atoms with E-state index in [0.29, 0.717) is 22.8 Å². The molecule has 6 atom stereocenters. The van der Waals surface area contributed by atoms with Crippen LogP contribution in [0, 0.1) is 6.92 Å². The maximum absolute atomic E-state index is 15.4. The molecule has 0 spiro atoms. The molecule has 1 aliphatic rings. The molecule has 1 saturated heterocycles. The van der Waals surface area contributed by atoms with Gasteiger partial charge in [0.2, 0.25) is 0 Å². The lowest BCUT2D eigenvalue weighted by molar-refractivity contribution is -0.149. The molecule has 13 nitrogen and oxygen atoms in total. The molecule has 0 saturated carbocycles. The molecule has 2 aromatic heterocycles. The van der Waals surface area contributed by atoms with Crippen LogP contribution in [0.2, 0.25) is 0 Å². The number of nitrogens with zero attached hydrogens (tertiary/aromatic N) is 5. The maximum atomic E-state index is 15.4. The molecule has 0 unspecified atom stereocenters. The zero-order valence-electron chi connectivity index (χ0n) is 23.1. The van der Waals surface area contributed by atoms with Crippen LogP contribution in [0.4, 0.5) is 10.2 Å². The molecule has 40 heavy (non-hydrogen) atoms. The Bertz CT molecular complexity index is 1370. The number of fused-ring (bicyclic) bond motifs is 1. The summed E-state index contributed by atoms with van der Waals surface area (Å²) in [5.41, 5.74) is 0.766. The van der Waals surface area contributed by atoms with E-state index < -0.39 is 57.1 Å². The number of halogens is 1. The number of para-hydroxylation sites is 1. The second-order valence-electron chi connectivity index (χ2n) is 9.85. The van der Waals surface area contributed by atoms with E-state index in [-0.39, 0.29) is 5.75 Å². The average Bonchev–Trinajstić information content (AvgIpc) is 3.42. The summed E-state index contributed by atoms with van der Waals surface area (Å²) in [5, 5.41) is 13.2. The quantitative estimate of drug-likeness (QED) is 0.254. The van der Waals surface area contributed by atoms with Gasteiger partial charge in [0.25, 0.3) is 0 Å². The van der Waals surface area contributed by atoms with Crippen molar-refractivity contribution in [2.24, 2.45) is 0 Å². The highest BCUT2D eigenvalue weighted by atomic mass is 31.2. The summed E-state index contributed by atoms with van der Waals surface area (Å²) in [6.45, 7) is 5.99. The van der Waals surface area contributed by atoms with Crippen LogP contribution in [0.3, 0.4) is 0 Å². The molecule has 3 heterocycles. The zero-order chi connectivity index (χ0) is 29.2. The predicted molar refractivity (Wildman–Crippen MR) is 144 cm³/mol. The highest BCUT2D eigenvalue weighted by molar-refractivity contribution is 7.52. The molecule has 0 aliphatic carbocycles. The second kappa shape index (κ2) is 12.1. The summed E-state index contributed by atoms with van der Waals surface area (Å²) in [4.78, 5) is 27.2. The van der Waals surface area contributed by atoms with Crippen LogP contribution >= 0.6 is 7.75 Å². The fraction of sp³-hybridized carbons (Fsp3) is 0.520. The van der Waals surface area contributed by atoms with Crippen molar-refractivity contribution >= 4 is 30.7 Å². The van der Waals surface area contributed by atoms with Gasteiger partial charge in [0, 0.05) is 14.1 Å². The number of alkyl halides is 1. The van der Waals surface area contributed by atoms with Crippen LogP contribution in [0.1, 0.15) is 32.8 Å². The van der Waals surface area contributed by atoms with E-state index in [4.69, 9.17) is 18.5 Å². The molecule has 1 aliphatic heterocycles. The van der Waals surface area contributed by atoms with Crippen molar-refractivity contribution in [3.05, 3.63) is 42.5 Å². The van der Waals surface area contributed by atoms with E-state index in [1.165, 1.54) is 17.8 Å². The molecule has 0 radical (unpaired) electrons. The number of benzene rings is 1. The first-order valence-electron chi connectivity index (χ1n) is 12.7. The number of nitrogens with one attached hydrogen (secondary N) is 1. The van der Waals surface area contributed by atoms with Crippen molar-refractivity contribution in [3.8, 4) is 5.75 Å². The van der Waals surface area contributed by atoms with Crippen molar-refractivity contribution in [1.29, 1.82) is 0 Å². The second-order valence-corrected chi connectivity index (χ2v) is 11.5. The third-order valence-corrected chi connectivity index (χ3v) is 7.58. The van der Waals surface area contributed by atoms with Crippen LogP contribution in [0.25, 0.3) is 11.2 Å². The molecule has 4 rings (SSSR count). The summed E-state index contributed by atoms with van der Waals surface area (Å²) >= 11 is 0. The topological polar surface area (TPSA) is 150 Å². The van der Waals surface area contributed by atoms with E-state index in [1.807, 2.05) is 0 Å². The Kier molecular flexibility index (Phi) is 9.06. The molecule has 1 fully saturated rings. The number of anilines is 1. The van der Waals surface area contributed by atoms with Gasteiger partial charge in [-0.05, 0) is 39.8 Å². The predicted octanol–water partition coefficient (Wildman–Crippen LogP) is 2.93. The minimum absolute atomic E-state index is 0.202. The number of rotatable bonds is 11. The molecule has 2 N–H and O–H groups in total. The number of carbonyl (C=O) groups is 1. The summed E-state index contributed by atoms with van der Waals surface area (Å²) in [6, 6.07) is 7.12. The first kappa shape index (κ1) is 29.8. The third kappa shape index (κ3) is 6.58. The van der Waals surface area contributed by atoms with Crippen LogP contribution in [0.5, 0.6) is 5.75 Å². The number of imidazole rings is 1. The number of hydrogen-bond acceptors (Lipinski definition) is 11. The maximum Gasteiger partial charge on any atom is 0.459 e. The standard InChI is InChI=1S/C25H34FN6O7P/c1-14(2)37-25(34)15(3)30-40(35,39-17-10-8-7-9-11-17)36-12-18-21(33)19(26)24(38-18)32-13-27-20-22(31(5)6)28-16(4)29-23(20)32/h7-11,13-15,18-19,21,24,33H,12H2,1-6H3,(H,30,35)/t15-,18+,19+,21+,24+,40+/m0/s1. The van der Waals surface area contributed by atoms with E-state index >= 15 is 4.39 Å². The number of carbonyl (C=O) groups excluding carboxylic acids is 1. The fourth-order valence-electron chi connectivity index (χ4n) is 4.08. The largest absolute Gasteiger partial charge is 0.462 e. The molecular formula is C25H34FN6O7P. The Balaban J connectivity index is 1.53. The van der Waals surface area contributed by atoms with Gasteiger partial charge in [0.05, 0.1) is 19.0 Å². The Hall–Kier alpha value is -3.16. The van der Waals surface area contributed by atoms with Crippen LogP contribution in [-0.2, 0) is 23.4 Å². The molecule has 3 aromatic rings. The molecule has 218 valence electrons. The Morgan fingerprint density at radius 3 is 2.60 bits per heavy atom. The third-order valence-electron chi connectivity index (χ3n) is 5.94. The van der Waals surface area contributed by atoms with Gasteiger partial charge in [-0.15, -0.1) is 0 Å². The van der Waals surface area contributed by atoms with Gasteiger partial charge in [-0.25, -0.2) is 23.9 Å². The summed E-state index contributed by atoms with van der Waals surface area (Å²) < 4.78 is 52.7. The van der Waals surface area contributed by atoms with Crippen molar-refractivity contribution < 1.29 is 37.4 Å². The van der Waals surface area contributed by atoms with E-state index in [0.717, 1.165) is 0 Å². The number of ether oxygens (including phenoxy) is 2. The summed E-state index contributed by atoms with van der Waals surface area (Å²) in [5.74, 6) is 0.527. The Morgan fingerprint density at radius 1 is 1.25 bits per heavy atom. The van der Waals surface area contributed by atoms with Crippen LogP contribution in [0.15, 0.2) is 36.7 Å². The normalized spacial score (nSPS) is 23.2. The lowest BCUT2D eigenvalue weighted by Crippen LogP contribution is -2.37. The lowest BCUT2D eigenvalue weighted by Gasteiger charge is -2.25. The number of aliphatic hydroxyl groups is 1. The van der Waals surface area contributed by atoms with Gasteiger partial charge in [-0.3, -0.25) is 13.9 Å². The van der Waals surface area contributed by atoms with Gasteiger partial charge in [-0.2, -0.15) is 5.09 Å². The van der Waals surface area contributed by atoms with Gasteiger partial charge in [0.15, 0.2) is 29.4 Å². The molecule has 0 bridgehead atoms. The van der Waals surface area contributed by atoms with E-state index in [1.54, 1.807) is 70.1 Å². The van der Waals surface area contributed by atoms with Crippen molar-refractivity contribution in [3.63, 3.8) is 0 Å². The zero-order valence-corrected chi connectivity index (χ0v) is 24.0.